The standard InChI is InChI=1S/C31H35N5O7S2/c37-27(12-6-5-11-25-29-23(19-44-25)34-31(40)35-29)33-17-26(45(41,42)43)30(39)32-16-15-28(38)36-18-22-9-2-1-7-20(22)13-14-21-8-3-4-10-24(21)36/h1-4,7-10,23,25-26,29H,5-6,11-12,15-19H2,(H,32,39)(H,33,37)(H2,34,35,40)(H,41,42,43)/t23-,25?,26?,29-/m1/s1. The summed E-state index contributed by atoms with van der Waals surface area (Å²) in [6.07, 6.45) is 2.08. The van der Waals surface area contributed by atoms with E-state index < -0.39 is 33.7 Å². The van der Waals surface area contributed by atoms with E-state index in [-0.39, 0.29) is 55.2 Å². The molecule has 0 spiro atoms. The Labute approximate surface area is 266 Å². The van der Waals surface area contributed by atoms with Crippen molar-refractivity contribution in [2.24, 2.45) is 0 Å². The summed E-state index contributed by atoms with van der Waals surface area (Å²) < 4.78 is 33.7. The molecule has 0 aliphatic carbocycles. The van der Waals surface area contributed by atoms with Crippen LogP contribution in [0.2, 0.25) is 0 Å². The van der Waals surface area contributed by atoms with Gasteiger partial charge in [-0.15, -0.1) is 0 Å². The Kier molecular flexibility index (Phi) is 10.3. The van der Waals surface area contributed by atoms with E-state index >= 15 is 0 Å². The summed E-state index contributed by atoms with van der Waals surface area (Å²) in [4.78, 5) is 51.6. The molecule has 2 aromatic carbocycles. The molecule has 14 heteroatoms. The Balaban J connectivity index is 1.09. The summed E-state index contributed by atoms with van der Waals surface area (Å²) in [7, 11) is -4.84. The Morgan fingerprint density at radius 2 is 1.73 bits per heavy atom. The first-order chi connectivity index (χ1) is 21.6. The second kappa shape index (κ2) is 14.4. The third-order valence-electron chi connectivity index (χ3n) is 8.03. The molecule has 2 unspecified atom stereocenters. The van der Waals surface area contributed by atoms with Crippen molar-refractivity contribution < 1.29 is 32.1 Å². The number of nitrogens with zero attached hydrogens (tertiary/aromatic N) is 1. The smallest absolute Gasteiger partial charge is 0.315 e. The molecule has 3 heterocycles. The van der Waals surface area contributed by atoms with E-state index in [0.717, 1.165) is 29.7 Å². The second-order valence-electron chi connectivity index (χ2n) is 11.1. The fourth-order valence-corrected chi connectivity index (χ4v) is 7.84. The molecule has 5 N–H and O–H groups in total. The van der Waals surface area contributed by atoms with Gasteiger partial charge in [0.05, 0.1) is 24.3 Å². The van der Waals surface area contributed by atoms with E-state index in [1.165, 1.54) is 0 Å². The van der Waals surface area contributed by atoms with E-state index in [9.17, 15) is 32.1 Å². The van der Waals surface area contributed by atoms with Gasteiger partial charge in [-0.25, -0.2) is 4.79 Å². The predicted octanol–water partition coefficient (Wildman–Crippen LogP) is 1.54. The first-order valence-corrected chi connectivity index (χ1v) is 17.3. The number of rotatable bonds is 12. The van der Waals surface area contributed by atoms with Crippen LogP contribution in [0, 0.1) is 11.8 Å². The molecule has 0 saturated carbocycles. The van der Waals surface area contributed by atoms with Gasteiger partial charge in [-0.3, -0.25) is 18.9 Å². The fourth-order valence-electron chi connectivity index (χ4n) is 5.65. The van der Waals surface area contributed by atoms with Crippen LogP contribution in [0.25, 0.3) is 0 Å². The molecule has 3 aliphatic heterocycles. The molecule has 238 valence electrons. The highest BCUT2D eigenvalue weighted by Gasteiger charge is 2.42. The summed E-state index contributed by atoms with van der Waals surface area (Å²) in [5.41, 5.74) is 2.98. The summed E-state index contributed by atoms with van der Waals surface area (Å²) in [5, 5.41) is 9.00. The first-order valence-electron chi connectivity index (χ1n) is 14.8. The number of thioether (sulfide) groups is 1. The molecule has 2 fully saturated rings. The van der Waals surface area contributed by atoms with Crippen LogP contribution < -0.4 is 26.2 Å². The number of fused-ring (bicyclic) bond motifs is 3. The van der Waals surface area contributed by atoms with Crippen molar-refractivity contribution in [3.63, 3.8) is 0 Å². The Morgan fingerprint density at radius 3 is 2.53 bits per heavy atom. The highest BCUT2D eigenvalue weighted by atomic mass is 32.2. The minimum Gasteiger partial charge on any atom is -0.354 e. The molecular weight excluding hydrogens is 619 g/mol. The number of anilines is 1. The van der Waals surface area contributed by atoms with E-state index in [4.69, 9.17) is 0 Å². The van der Waals surface area contributed by atoms with Crippen LogP contribution in [0.5, 0.6) is 0 Å². The summed E-state index contributed by atoms with van der Waals surface area (Å²) >= 11 is 1.78. The van der Waals surface area contributed by atoms with E-state index in [0.29, 0.717) is 17.7 Å². The molecule has 12 nitrogen and oxygen atoms in total. The highest BCUT2D eigenvalue weighted by molar-refractivity contribution is 8.00. The SMILES string of the molecule is O=C(CCCCC1SC[C@H]2NC(=O)N[C@@H]12)NCC(C(=O)NCCC(=O)N1Cc2ccccc2C#Cc2ccccc21)S(=O)(=O)O. The number of hydrogen-bond acceptors (Lipinski definition) is 7. The van der Waals surface area contributed by atoms with Crippen molar-refractivity contribution in [1.29, 1.82) is 0 Å². The number of urea groups is 1. The lowest BCUT2D eigenvalue weighted by molar-refractivity contribution is -0.122. The average Bonchev–Trinajstić information content (AvgIpc) is 3.55. The van der Waals surface area contributed by atoms with Crippen LogP contribution in [0.15, 0.2) is 48.5 Å². The van der Waals surface area contributed by atoms with Gasteiger partial charge in [-0.2, -0.15) is 20.2 Å². The van der Waals surface area contributed by atoms with Crippen LogP contribution in [-0.4, -0.2) is 78.1 Å². The average molecular weight is 654 g/mol. The maximum atomic E-state index is 13.4. The quantitative estimate of drug-likeness (QED) is 0.0993. The largest absolute Gasteiger partial charge is 0.354 e. The van der Waals surface area contributed by atoms with Gasteiger partial charge in [0.1, 0.15) is 0 Å². The maximum absolute atomic E-state index is 13.4. The van der Waals surface area contributed by atoms with Gasteiger partial charge in [0.15, 0.2) is 5.25 Å². The zero-order chi connectivity index (χ0) is 32.0. The zero-order valence-corrected chi connectivity index (χ0v) is 26.1. The summed E-state index contributed by atoms with van der Waals surface area (Å²) in [5.74, 6) is 5.33. The molecule has 0 aromatic heterocycles. The lowest BCUT2D eigenvalue weighted by atomic mass is 10.0. The number of nitrogens with one attached hydrogen (secondary N) is 4. The summed E-state index contributed by atoms with van der Waals surface area (Å²) in [6.45, 7) is -0.518. The van der Waals surface area contributed by atoms with Gasteiger partial charge in [0, 0.05) is 48.1 Å². The third kappa shape index (κ3) is 8.16. The molecule has 2 saturated heterocycles. The molecular formula is C31H35N5O7S2. The predicted molar refractivity (Wildman–Crippen MR) is 170 cm³/mol. The Hall–Kier alpha value is -4.06. The maximum Gasteiger partial charge on any atom is 0.315 e. The Morgan fingerprint density at radius 1 is 1.00 bits per heavy atom. The molecule has 5 amide bonds. The molecule has 0 radical (unpaired) electrons. The molecule has 0 bridgehead atoms. The van der Waals surface area contributed by atoms with Crippen molar-refractivity contribution in [2.75, 3.05) is 23.7 Å². The van der Waals surface area contributed by atoms with Crippen LogP contribution in [0.4, 0.5) is 10.5 Å². The third-order valence-corrected chi connectivity index (χ3v) is 10.6. The minimum atomic E-state index is -4.84. The van der Waals surface area contributed by atoms with Crippen molar-refractivity contribution >= 4 is 51.3 Å². The van der Waals surface area contributed by atoms with Crippen molar-refractivity contribution in [1.82, 2.24) is 21.3 Å². The number of carbonyl (C=O) groups excluding carboxylic acids is 4. The number of carbonyl (C=O) groups is 4. The van der Waals surface area contributed by atoms with Gasteiger partial charge in [-0.05, 0) is 36.6 Å². The molecule has 2 aromatic rings. The van der Waals surface area contributed by atoms with E-state index in [1.54, 1.807) is 28.8 Å². The lowest BCUT2D eigenvalue weighted by Gasteiger charge is -2.26. The van der Waals surface area contributed by atoms with Gasteiger partial charge < -0.3 is 26.2 Å². The van der Waals surface area contributed by atoms with Gasteiger partial charge in [-0.1, -0.05) is 48.6 Å². The minimum absolute atomic E-state index is 0.0800. The number of para-hydroxylation sites is 1. The molecule has 3 aliphatic rings. The van der Waals surface area contributed by atoms with Gasteiger partial charge in [0.2, 0.25) is 17.7 Å². The Bertz CT molecular complexity index is 1640. The molecule has 5 rings (SSSR count). The monoisotopic (exact) mass is 653 g/mol. The van der Waals surface area contributed by atoms with Crippen molar-refractivity contribution in [3.8, 4) is 11.8 Å². The van der Waals surface area contributed by atoms with Gasteiger partial charge >= 0.3 is 6.03 Å². The van der Waals surface area contributed by atoms with Crippen molar-refractivity contribution in [3.05, 3.63) is 65.2 Å². The van der Waals surface area contributed by atoms with Crippen LogP contribution in [0.1, 0.15) is 48.8 Å². The summed E-state index contributed by atoms with van der Waals surface area (Å²) in [6, 6.07) is 14.8. The highest BCUT2D eigenvalue weighted by Crippen LogP contribution is 2.33. The molecule has 45 heavy (non-hydrogen) atoms. The van der Waals surface area contributed by atoms with Crippen LogP contribution in [-0.2, 0) is 31.0 Å². The zero-order valence-electron chi connectivity index (χ0n) is 24.5. The number of hydrogen-bond donors (Lipinski definition) is 5. The lowest BCUT2D eigenvalue weighted by Crippen LogP contribution is -2.47. The topological polar surface area (TPSA) is 174 Å². The number of unbranched alkanes of at least 4 members (excludes halogenated alkanes) is 1. The fraction of sp³-hybridized carbons (Fsp3) is 0.419. The number of benzene rings is 2. The number of amides is 5. The van der Waals surface area contributed by atoms with Crippen LogP contribution >= 0.6 is 11.8 Å². The van der Waals surface area contributed by atoms with E-state index in [1.807, 2.05) is 36.4 Å². The molecule has 4 atom stereocenters. The first kappa shape index (κ1) is 32.3. The van der Waals surface area contributed by atoms with Gasteiger partial charge in [0.25, 0.3) is 10.1 Å². The van der Waals surface area contributed by atoms with Crippen molar-refractivity contribution in [2.45, 2.75) is 61.2 Å². The normalized spacial score (nSPS) is 20.5. The van der Waals surface area contributed by atoms with Crippen LogP contribution in [0.3, 0.4) is 0 Å². The van der Waals surface area contributed by atoms with E-state index in [2.05, 4.69) is 33.1 Å². The second-order valence-corrected chi connectivity index (χ2v) is 14.0.